The zero-order valence-electron chi connectivity index (χ0n) is 12.7. The maximum absolute atomic E-state index is 10.7. The predicted octanol–water partition coefficient (Wildman–Crippen LogP) is 3.94. The SMILES string of the molecule is Cc1cc(-c2cccc3n[nH]nc23)c(O)c(C(C)(C)C)c1. The van der Waals surface area contributed by atoms with Gasteiger partial charge < -0.3 is 5.11 Å². The summed E-state index contributed by atoms with van der Waals surface area (Å²) >= 11 is 0. The van der Waals surface area contributed by atoms with Crippen LogP contribution in [0.3, 0.4) is 0 Å². The van der Waals surface area contributed by atoms with Crippen molar-refractivity contribution in [1.29, 1.82) is 0 Å². The van der Waals surface area contributed by atoms with Crippen LogP contribution >= 0.6 is 0 Å². The number of aromatic hydroxyl groups is 1. The van der Waals surface area contributed by atoms with Crippen molar-refractivity contribution in [3.8, 4) is 16.9 Å². The van der Waals surface area contributed by atoms with Crippen molar-refractivity contribution in [3.05, 3.63) is 41.5 Å². The number of fused-ring (bicyclic) bond motifs is 1. The number of aryl methyl sites for hydroxylation is 1. The van der Waals surface area contributed by atoms with E-state index in [-0.39, 0.29) is 5.41 Å². The van der Waals surface area contributed by atoms with Gasteiger partial charge in [0, 0.05) is 16.7 Å². The molecule has 0 amide bonds. The first-order chi connectivity index (χ1) is 9.88. The molecule has 21 heavy (non-hydrogen) atoms. The van der Waals surface area contributed by atoms with Crippen molar-refractivity contribution in [2.24, 2.45) is 0 Å². The largest absolute Gasteiger partial charge is 0.507 e. The molecule has 1 heterocycles. The standard InChI is InChI=1S/C17H19N3O/c1-10-8-12(16(21)13(9-10)17(2,3)4)11-6-5-7-14-15(11)19-20-18-14/h5-9,21H,1-4H3,(H,18,19,20). The molecule has 0 fully saturated rings. The number of H-pyrrole nitrogens is 1. The third kappa shape index (κ3) is 2.27. The normalized spacial score (nSPS) is 12.0. The zero-order chi connectivity index (χ0) is 15.2. The Morgan fingerprint density at radius 3 is 2.52 bits per heavy atom. The Balaban J connectivity index is 2.33. The molecule has 0 spiro atoms. The predicted molar refractivity (Wildman–Crippen MR) is 84.4 cm³/mol. The van der Waals surface area contributed by atoms with Gasteiger partial charge >= 0.3 is 0 Å². The Hall–Kier alpha value is -2.36. The van der Waals surface area contributed by atoms with Crippen LogP contribution in [0.1, 0.15) is 31.9 Å². The fourth-order valence-electron chi connectivity index (χ4n) is 2.64. The lowest BCUT2D eigenvalue weighted by Crippen LogP contribution is -2.12. The minimum atomic E-state index is -0.122. The first kappa shape index (κ1) is 13.6. The Morgan fingerprint density at radius 2 is 1.81 bits per heavy atom. The summed E-state index contributed by atoms with van der Waals surface area (Å²) in [6, 6.07) is 9.83. The summed E-state index contributed by atoms with van der Waals surface area (Å²) in [5.41, 5.74) is 5.21. The summed E-state index contributed by atoms with van der Waals surface area (Å²) in [4.78, 5) is 0. The van der Waals surface area contributed by atoms with Crippen LogP contribution in [0.2, 0.25) is 0 Å². The average Bonchev–Trinajstić information content (AvgIpc) is 2.88. The number of benzene rings is 2. The first-order valence-electron chi connectivity index (χ1n) is 7.02. The summed E-state index contributed by atoms with van der Waals surface area (Å²) in [6.45, 7) is 8.34. The molecular formula is C17H19N3O. The van der Waals surface area contributed by atoms with Gasteiger partial charge in [0.25, 0.3) is 0 Å². The molecule has 1 aromatic heterocycles. The van der Waals surface area contributed by atoms with Crippen LogP contribution in [0.25, 0.3) is 22.2 Å². The van der Waals surface area contributed by atoms with Crippen molar-refractivity contribution >= 4 is 11.0 Å². The summed E-state index contributed by atoms with van der Waals surface area (Å²) in [5.74, 6) is 0.323. The van der Waals surface area contributed by atoms with E-state index in [0.29, 0.717) is 5.75 Å². The number of para-hydroxylation sites is 1. The summed E-state index contributed by atoms with van der Waals surface area (Å²) in [6.07, 6.45) is 0. The lowest BCUT2D eigenvalue weighted by atomic mass is 9.83. The molecule has 2 N–H and O–H groups in total. The molecule has 0 radical (unpaired) electrons. The monoisotopic (exact) mass is 281 g/mol. The second-order valence-corrected chi connectivity index (χ2v) is 6.46. The summed E-state index contributed by atoms with van der Waals surface area (Å²) < 4.78 is 0. The van der Waals surface area contributed by atoms with Crippen LogP contribution < -0.4 is 0 Å². The molecule has 108 valence electrons. The van der Waals surface area contributed by atoms with E-state index in [0.717, 1.165) is 33.3 Å². The number of hydrogen-bond acceptors (Lipinski definition) is 3. The van der Waals surface area contributed by atoms with Gasteiger partial charge in [-0.3, -0.25) is 0 Å². The topological polar surface area (TPSA) is 61.8 Å². The number of phenols is 1. The molecule has 0 aliphatic rings. The number of nitrogens with one attached hydrogen (secondary N) is 1. The highest BCUT2D eigenvalue weighted by atomic mass is 16.3. The van der Waals surface area contributed by atoms with Gasteiger partial charge in [0.1, 0.15) is 16.8 Å². The molecule has 0 unspecified atom stereocenters. The summed E-state index contributed by atoms with van der Waals surface area (Å²) in [5, 5.41) is 21.7. The second kappa shape index (κ2) is 4.58. The third-order valence-corrected chi connectivity index (χ3v) is 3.70. The number of aromatic nitrogens is 3. The van der Waals surface area contributed by atoms with Crippen molar-refractivity contribution in [3.63, 3.8) is 0 Å². The molecule has 4 heteroatoms. The van der Waals surface area contributed by atoms with Crippen molar-refractivity contribution < 1.29 is 5.11 Å². The highest BCUT2D eigenvalue weighted by Crippen LogP contribution is 2.40. The van der Waals surface area contributed by atoms with E-state index in [4.69, 9.17) is 0 Å². The maximum atomic E-state index is 10.7. The van der Waals surface area contributed by atoms with Gasteiger partial charge in [-0.15, -0.1) is 0 Å². The molecule has 0 bridgehead atoms. The van der Waals surface area contributed by atoms with Crippen LogP contribution in [0.5, 0.6) is 5.75 Å². The number of phenolic OH excluding ortho intramolecular Hbond substituents is 1. The fourth-order valence-corrected chi connectivity index (χ4v) is 2.64. The molecule has 3 rings (SSSR count). The van der Waals surface area contributed by atoms with Crippen LogP contribution in [0.4, 0.5) is 0 Å². The van der Waals surface area contributed by atoms with E-state index < -0.39 is 0 Å². The van der Waals surface area contributed by atoms with Crippen LogP contribution in [-0.4, -0.2) is 20.5 Å². The van der Waals surface area contributed by atoms with Gasteiger partial charge in [0.2, 0.25) is 0 Å². The number of rotatable bonds is 1. The molecule has 3 aromatic rings. The Kier molecular flexibility index (Phi) is 2.97. The van der Waals surface area contributed by atoms with Crippen molar-refractivity contribution in [1.82, 2.24) is 15.4 Å². The van der Waals surface area contributed by atoms with Gasteiger partial charge in [-0.2, -0.15) is 15.4 Å². The number of nitrogens with zero attached hydrogens (tertiary/aromatic N) is 2. The molecule has 0 aliphatic carbocycles. The smallest absolute Gasteiger partial charge is 0.127 e. The number of aromatic amines is 1. The number of hydrogen-bond donors (Lipinski definition) is 2. The van der Waals surface area contributed by atoms with E-state index in [9.17, 15) is 5.11 Å². The summed E-state index contributed by atoms with van der Waals surface area (Å²) in [7, 11) is 0. The van der Waals surface area contributed by atoms with E-state index in [1.165, 1.54) is 0 Å². The van der Waals surface area contributed by atoms with Crippen LogP contribution in [0, 0.1) is 6.92 Å². The molecule has 0 atom stereocenters. The quantitative estimate of drug-likeness (QED) is 0.710. The molecule has 0 saturated heterocycles. The van der Waals surface area contributed by atoms with E-state index in [1.54, 1.807) is 0 Å². The fraction of sp³-hybridized carbons (Fsp3) is 0.294. The highest BCUT2D eigenvalue weighted by Gasteiger charge is 2.22. The molecular weight excluding hydrogens is 262 g/mol. The van der Waals surface area contributed by atoms with Gasteiger partial charge in [-0.25, -0.2) is 0 Å². The highest BCUT2D eigenvalue weighted by molar-refractivity contribution is 5.93. The first-order valence-corrected chi connectivity index (χ1v) is 7.02. The minimum Gasteiger partial charge on any atom is -0.507 e. The van der Waals surface area contributed by atoms with Gasteiger partial charge in [0.15, 0.2) is 0 Å². The second-order valence-electron chi connectivity index (χ2n) is 6.46. The Bertz CT molecular complexity index is 813. The van der Waals surface area contributed by atoms with E-state index in [1.807, 2.05) is 37.3 Å². The molecule has 0 aliphatic heterocycles. The average molecular weight is 281 g/mol. The van der Waals surface area contributed by atoms with Crippen LogP contribution in [-0.2, 0) is 5.41 Å². The Labute approximate surface area is 123 Å². The van der Waals surface area contributed by atoms with Gasteiger partial charge in [0.05, 0.1) is 0 Å². The van der Waals surface area contributed by atoms with Crippen LogP contribution in [0.15, 0.2) is 30.3 Å². The van der Waals surface area contributed by atoms with Crippen molar-refractivity contribution in [2.75, 3.05) is 0 Å². The molecule has 0 saturated carbocycles. The van der Waals surface area contributed by atoms with Gasteiger partial charge in [-0.1, -0.05) is 39.0 Å². The Morgan fingerprint density at radius 1 is 1.05 bits per heavy atom. The maximum Gasteiger partial charge on any atom is 0.127 e. The van der Waals surface area contributed by atoms with Gasteiger partial charge in [-0.05, 0) is 30.0 Å². The molecule has 4 nitrogen and oxygen atoms in total. The molecule has 2 aromatic carbocycles. The lowest BCUT2D eigenvalue weighted by Gasteiger charge is -2.23. The minimum absolute atomic E-state index is 0.122. The van der Waals surface area contributed by atoms with E-state index in [2.05, 4.69) is 36.2 Å². The van der Waals surface area contributed by atoms with E-state index >= 15 is 0 Å². The lowest BCUT2D eigenvalue weighted by molar-refractivity contribution is 0.448. The van der Waals surface area contributed by atoms with Crippen molar-refractivity contribution in [2.45, 2.75) is 33.1 Å². The zero-order valence-corrected chi connectivity index (χ0v) is 12.7. The third-order valence-electron chi connectivity index (χ3n) is 3.70.